The van der Waals surface area contributed by atoms with Gasteiger partial charge < -0.3 is 10.2 Å². The Hall–Kier alpha value is -1.62. The summed E-state index contributed by atoms with van der Waals surface area (Å²) < 4.78 is 0. The average molecular weight is 282 g/mol. The molecule has 1 saturated heterocycles. The van der Waals surface area contributed by atoms with E-state index in [-0.39, 0.29) is 17.9 Å². The van der Waals surface area contributed by atoms with Crippen LogP contribution in [0.5, 0.6) is 0 Å². The van der Waals surface area contributed by atoms with Crippen LogP contribution in [0.15, 0.2) is 18.3 Å². The van der Waals surface area contributed by atoms with Crippen LogP contribution in [-0.2, 0) is 4.79 Å². The second kappa shape index (κ2) is 6.02. The van der Waals surface area contributed by atoms with Gasteiger partial charge in [0.2, 0.25) is 5.91 Å². The molecule has 1 aromatic rings. The number of carbonyl (C=O) groups is 2. The number of halogens is 1. The van der Waals surface area contributed by atoms with Crippen LogP contribution in [0.1, 0.15) is 30.1 Å². The van der Waals surface area contributed by atoms with Crippen molar-refractivity contribution in [3.63, 3.8) is 0 Å². The minimum absolute atomic E-state index is 0.0347. The Morgan fingerprint density at radius 3 is 3.00 bits per heavy atom. The number of carbonyl (C=O) groups excluding carboxylic acids is 2. The van der Waals surface area contributed by atoms with Crippen molar-refractivity contribution in [2.24, 2.45) is 0 Å². The smallest absolute Gasteiger partial charge is 0.254 e. The number of nitrogens with one attached hydrogen (secondary N) is 1. The monoisotopic (exact) mass is 281 g/mol. The number of amides is 2. The molecule has 0 saturated carbocycles. The molecule has 2 rings (SSSR count). The molecule has 19 heavy (non-hydrogen) atoms. The van der Waals surface area contributed by atoms with Crippen molar-refractivity contribution in [3.05, 3.63) is 29.0 Å². The standard InChI is InChI=1S/C13H16ClN3O2/c1-9(18)16-11-3-2-6-17(8-11)13(19)10-4-5-15-12(14)7-10/h4-5,7,11H,2-3,6,8H2,1H3,(H,16,18). The average Bonchev–Trinajstić information content (AvgIpc) is 2.37. The molecule has 0 radical (unpaired) electrons. The molecular weight excluding hydrogens is 266 g/mol. The number of pyridine rings is 1. The predicted molar refractivity (Wildman–Crippen MR) is 72.0 cm³/mol. The van der Waals surface area contributed by atoms with Gasteiger partial charge in [-0.1, -0.05) is 11.6 Å². The first-order chi connectivity index (χ1) is 9.06. The zero-order valence-corrected chi connectivity index (χ0v) is 11.5. The van der Waals surface area contributed by atoms with Gasteiger partial charge in [0.25, 0.3) is 5.91 Å². The fraction of sp³-hybridized carbons (Fsp3) is 0.462. The molecule has 1 aromatic heterocycles. The number of aromatic nitrogens is 1. The lowest BCUT2D eigenvalue weighted by Gasteiger charge is -2.33. The zero-order valence-electron chi connectivity index (χ0n) is 10.7. The van der Waals surface area contributed by atoms with Gasteiger partial charge in [-0.15, -0.1) is 0 Å². The molecule has 1 aliphatic heterocycles. The Morgan fingerprint density at radius 1 is 1.53 bits per heavy atom. The Kier molecular flexibility index (Phi) is 4.37. The Balaban J connectivity index is 2.04. The summed E-state index contributed by atoms with van der Waals surface area (Å²) in [5.74, 6) is -0.134. The minimum atomic E-state index is -0.0700. The van der Waals surface area contributed by atoms with E-state index in [2.05, 4.69) is 10.3 Å². The lowest BCUT2D eigenvalue weighted by molar-refractivity contribution is -0.120. The van der Waals surface area contributed by atoms with Crippen LogP contribution in [0.2, 0.25) is 5.15 Å². The Bertz CT molecular complexity index is 493. The topological polar surface area (TPSA) is 62.3 Å². The van der Waals surface area contributed by atoms with Crippen molar-refractivity contribution < 1.29 is 9.59 Å². The highest BCUT2D eigenvalue weighted by Crippen LogP contribution is 2.15. The van der Waals surface area contributed by atoms with Crippen molar-refractivity contribution in [3.8, 4) is 0 Å². The Labute approximate surface area is 117 Å². The maximum atomic E-state index is 12.3. The van der Waals surface area contributed by atoms with Gasteiger partial charge in [0, 0.05) is 37.8 Å². The molecule has 6 heteroatoms. The molecular formula is C13H16ClN3O2. The second-order valence-corrected chi connectivity index (χ2v) is 5.05. The molecule has 1 unspecified atom stereocenters. The van der Waals surface area contributed by atoms with Gasteiger partial charge in [-0.25, -0.2) is 4.98 Å². The number of piperidine rings is 1. The molecule has 5 nitrogen and oxygen atoms in total. The fourth-order valence-electron chi connectivity index (χ4n) is 2.28. The van der Waals surface area contributed by atoms with Gasteiger partial charge >= 0.3 is 0 Å². The highest BCUT2D eigenvalue weighted by Gasteiger charge is 2.24. The summed E-state index contributed by atoms with van der Waals surface area (Å²) in [5.41, 5.74) is 0.531. The van der Waals surface area contributed by atoms with Crippen LogP contribution in [0.25, 0.3) is 0 Å². The third kappa shape index (κ3) is 3.67. The first kappa shape index (κ1) is 13.8. The van der Waals surface area contributed by atoms with Crippen LogP contribution < -0.4 is 5.32 Å². The molecule has 102 valence electrons. The summed E-state index contributed by atoms with van der Waals surface area (Å²) in [5, 5.41) is 3.16. The van der Waals surface area contributed by atoms with Gasteiger partial charge in [0.05, 0.1) is 0 Å². The predicted octanol–water partition coefficient (Wildman–Crippen LogP) is 1.48. The van der Waals surface area contributed by atoms with Crippen molar-refractivity contribution in [2.75, 3.05) is 13.1 Å². The molecule has 0 aliphatic carbocycles. The summed E-state index contributed by atoms with van der Waals surface area (Å²) in [6.07, 6.45) is 3.31. The first-order valence-corrected chi connectivity index (χ1v) is 6.62. The number of rotatable bonds is 2. The largest absolute Gasteiger partial charge is 0.352 e. The van der Waals surface area contributed by atoms with E-state index in [1.807, 2.05) is 0 Å². The third-order valence-electron chi connectivity index (χ3n) is 3.09. The second-order valence-electron chi connectivity index (χ2n) is 4.66. The zero-order chi connectivity index (χ0) is 13.8. The lowest BCUT2D eigenvalue weighted by Crippen LogP contribution is -2.49. The SMILES string of the molecule is CC(=O)NC1CCCN(C(=O)c2ccnc(Cl)c2)C1. The molecule has 2 amide bonds. The molecule has 1 aliphatic rings. The molecule has 0 aromatic carbocycles. The molecule has 0 bridgehead atoms. The molecule has 1 atom stereocenters. The quantitative estimate of drug-likeness (QED) is 0.835. The lowest BCUT2D eigenvalue weighted by atomic mass is 10.0. The molecule has 0 spiro atoms. The van der Waals surface area contributed by atoms with E-state index >= 15 is 0 Å². The summed E-state index contributed by atoms with van der Waals surface area (Å²) >= 11 is 5.79. The van der Waals surface area contributed by atoms with E-state index < -0.39 is 0 Å². The van der Waals surface area contributed by atoms with Crippen molar-refractivity contribution in [1.29, 1.82) is 0 Å². The molecule has 1 fully saturated rings. The number of hydrogen-bond acceptors (Lipinski definition) is 3. The van der Waals surface area contributed by atoms with Gasteiger partial charge in [-0.2, -0.15) is 0 Å². The highest BCUT2D eigenvalue weighted by molar-refractivity contribution is 6.29. The Morgan fingerprint density at radius 2 is 2.32 bits per heavy atom. The van der Waals surface area contributed by atoms with Crippen LogP contribution in [0.3, 0.4) is 0 Å². The fourth-order valence-corrected chi connectivity index (χ4v) is 2.46. The summed E-state index contributed by atoms with van der Waals surface area (Å²) in [6.45, 7) is 2.73. The normalized spacial score (nSPS) is 19.1. The van der Waals surface area contributed by atoms with E-state index in [1.54, 1.807) is 17.0 Å². The summed E-state index contributed by atoms with van der Waals surface area (Å²) in [4.78, 5) is 29.0. The van der Waals surface area contributed by atoms with E-state index in [0.29, 0.717) is 23.8 Å². The number of hydrogen-bond donors (Lipinski definition) is 1. The highest BCUT2D eigenvalue weighted by atomic mass is 35.5. The summed E-state index contributed by atoms with van der Waals surface area (Å²) in [6, 6.07) is 3.25. The van der Waals surface area contributed by atoms with E-state index in [0.717, 1.165) is 12.8 Å². The van der Waals surface area contributed by atoms with Crippen LogP contribution in [-0.4, -0.2) is 40.8 Å². The van der Waals surface area contributed by atoms with E-state index in [4.69, 9.17) is 11.6 Å². The van der Waals surface area contributed by atoms with Crippen LogP contribution in [0, 0.1) is 0 Å². The third-order valence-corrected chi connectivity index (χ3v) is 3.30. The van der Waals surface area contributed by atoms with Gasteiger partial charge in [0.15, 0.2) is 0 Å². The van der Waals surface area contributed by atoms with Crippen molar-refractivity contribution >= 4 is 23.4 Å². The van der Waals surface area contributed by atoms with Gasteiger partial charge in [-0.05, 0) is 25.0 Å². The van der Waals surface area contributed by atoms with Gasteiger partial charge in [0.1, 0.15) is 5.15 Å². The van der Waals surface area contributed by atoms with Crippen molar-refractivity contribution in [2.45, 2.75) is 25.8 Å². The van der Waals surface area contributed by atoms with Crippen molar-refractivity contribution in [1.82, 2.24) is 15.2 Å². The molecule has 1 N–H and O–H groups in total. The minimum Gasteiger partial charge on any atom is -0.352 e. The maximum Gasteiger partial charge on any atom is 0.254 e. The summed E-state index contributed by atoms with van der Waals surface area (Å²) in [7, 11) is 0. The molecule has 2 heterocycles. The first-order valence-electron chi connectivity index (χ1n) is 6.24. The maximum absolute atomic E-state index is 12.3. The van der Waals surface area contributed by atoms with Crippen LogP contribution in [0.4, 0.5) is 0 Å². The van der Waals surface area contributed by atoms with E-state index in [1.165, 1.54) is 13.1 Å². The van der Waals surface area contributed by atoms with E-state index in [9.17, 15) is 9.59 Å². The number of likely N-dealkylation sites (tertiary alicyclic amines) is 1. The van der Waals surface area contributed by atoms with Crippen LogP contribution >= 0.6 is 11.6 Å². The number of nitrogens with zero attached hydrogens (tertiary/aromatic N) is 2. The van der Waals surface area contributed by atoms with Gasteiger partial charge in [-0.3, -0.25) is 9.59 Å².